The van der Waals surface area contributed by atoms with Crippen molar-refractivity contribution in [2.45, 2.75) is 26.7 Å². The van der Waals surface area contributed by atoms with E-state index in [9.17, 15) is 4.79 Å². The molecule has 0 bridgehead atoms. The number of carbonyl (C=O) groups is 1. The largest absolute Gasteiger partial charge is 0.493 e. The SMILES string of the molecule is COc1cc2nccc(Oc3cc(C)c(NC(=O)OCC4CC4)cc3C)c2cc1OC. The second-order valence-corrected chi connectivity index (χ2v) is 7.73. The molecule has 31 heavy (non-hydrogen) atoms. The lowest BCUT2D eigenvalue weighted by atomic mass is 10.1. The summed E-state index contributed by atoms with van der Waals surface area (Å²) in [7, 11) is 3.18. The monoisotopic (exact) mass is 422 g/mol. The number of nitrogens with one attached hydrogen (secondary N) is 1. The van der Waals surface area contributed by atoms with Crippen LogP contribution in [-0.2, 0) is 4.74 Å². The predicted molar refractivity (Wildman–Crippen MR) is 119 cm³/mol. The van der Waals surface area contributed by atoms with Crippen molar-refractivity contribution in [3.63, 3.8) is 0 Å². The zero-order chi connectivity index (χ0) is 22.0. The molecular formula is C24H26N2O5. The molecule has 2 aromatic carbocycles. The Labute approximate surface area is 181 Å². The maximum Gasteiger partial charge on any atom is 0.411 e. The molecule has 3 aromatic rings. The molecule has 1 aliphatic rings. The summed E-state index contributed by atoms with van der Waals surface area (Å²) < 4.78 is 22.3. The second-order valence-electron chi connectivity index (χ2n) is 7.73. The first-order chi connectivity index (χ1) is 15.0. The summed E-state index contributed by atoms with van der Waals surface area (Å²) in [5, 5.41) is 3.63. The number of aryl methyl sites for hydroxylation is 2. The van der Waals surface area contributed by atoms with Gasteiger partial charge in [0.15, 0.2) is 11.5 Å². The Kier molecular flexibility index (Phi) is 5.84. The molecule has 162 valence electrons. The van der Waals surface area contributed by atoms with Crippen LogP contribution in [0.25, 0.3) is 10.9 Å². The van der Waals surface area contributed by atoms with E-state index >= 15 is 0 Å². The van der Waals surface area contributed by atoms with Gasteiger partial charge in [0.2, 0.25) is 0 Å². The minimum atomic E-state index is -0.427. The first-order valence-corrected chi connectivity index (χ1v) is 10.2. The Morgan fingerprint density at radius 3 is 2.45 bits per heavy atom. The summed E-state index contributed by atoms with van der Waals surface area (Å²) in [5.74, 6) is 3.08. The van der Waals surface area contributed by atoms with Crippen LogP contribution in [0.3, 0.4) is 0 Å². The molecule has 1 amide bonds. The number of anilines is 1. The molecule has 0 saturated heterocycles. The Balaban J connectivity index is 1.58. The maximum absolute atomic E-state index is 12.0. The van der Waals surface area contributed by atoms with Crippen molar-refractivity contribution in [3.05, 3.63) is 47.7 Å². The van der Waals surface area contributed by atoms with Gasteiger partial charge in [0.25, 0.3) is 0 Å². The van der Waals surface area contributed by atoms with E-state index in [2.05, 4.69) is 10.3 Å². The number of methoxy groups -OCH3 is 2. The molecular weight excluding hydrogens is 396 g/mol. The van der Waals surface area contributed by atoms with E-state index in [1.165, 1.54) is 0 Å². The van der Waals surface area contributed by atoms with Crippen molar-refractivity contribution in [2.24, 2.45) is 5.92 Å². The first-order valence-electron chi connectivity index (χ1n) is 10.2. The van der Waals surface area contributed by atoms with E-state index in [0.717, 1.165) is 34.9 Å². The highest BCUT2D eigenvalue weighted by molar-refractivity contribution is 5.89. The average molecular weight is 422 g/mol. The van der Waals surface area contributed by atoms with Crippen molar-refractivity contribution in [1.82, 2.24) is 4.98 Å². The molecule has 0 spiro atoms. The summed E-state index contributed by atoms with van der Waals surface area (Å²) in [6.07, 6.45) is 3.54. The summed E-state index contributed by atoms with van der Waals surface area (Å²) in [6.45, 7) is 4.33. The van der Waals surface area contributed by atoms with Crippen molar-refractivity contribution in [3.8, 4) is 23.0 Å². The molecule has 1 aromatic heterocycles. The molecule has 1 fully saturated rings. The van der Waals surface area contributed by atoms with Gasteiger partial charge in [0.1, 0.15) is 11.5 Å². The van der Waals surface area contributed by atoms with Crippen molar-refractivity contribution in [2.75, 3.05) is 26.1 Å². The third kappa shape index (κ3) is 4.66. The number of hydrogen-bond acceptors (Lipinski definition) is 6. The van der Waals surface area contributed by atoms with Gasteiger partial charge < -0.3 is 18.9 Å². The third-order valence-electron chi connectivity index (χ3n) is 5.33. The molecule has 1 N–H and O–H groups in total. The van der Waals surface area contributed by atoms with Crippen LogP contribution in [0, 0.1) is 19.8 Å². The Hall–Kier alpha value is -3.48. The Morgan fingerprint density at radius 2 is 1.74 bits per heavy atom. The number of fused-ring (bicyclic) bond motifs is 1. The van der Waals surface area contributed by atoms with E-state index in [0.29, 0.717) is 41.2 Å². The van der Waals surface area contributed by atoms with Gasteiger partial charge in [-0.2, -0.15) is 0 Å². The fraction of sp³-hybridized carbons (Fsp3) is 0.333. The average Bonchev–Trinajstić information content (AvgIpc) is 3.59. The van der Waals surface area contributed by atoms with Crippen LogP contribution in [0.4, 0.5) is 10.5 Å². The highest BCUT2D eigenvalue weighted by Gasteiger charge is 2.23. The van der Waals surface area contributed by atoms with Gasteiger partial charge in [0, 0.05) is 23.3 Å². The Bertz CT molecular complexity index is 1120. The highest BCUT2D eigenvalue weighted by Crippen LogP contribution is 2.38. The summed E-state index contributed by atoms with van der Waals surface area (Å²) in [4.78, 5) is 16.5. The van der Waals surface area contributed by atoms with Gasteiger partial charge in [-0.25, -0.2) is 4.79 Å². The molecule has 1 aliphatic carbocycles. The lowest BCUT2D eigenvalue weighted by Crippen LogP contribution is -2.16. The van der Waals surface area contributed by atoms with Crippen molar-refractivity contribution < 1.29 is 23.7 Å². The summed E-state index contributed by atoms with van der Waals surface area (Å²) >= 11 is 0. The second kappa shape index (κ2) is 8.71. The predicted octanol–water partition coefficient (Wildman–Crippen LogP) is 5.62. The van der Waals surface area contributed by atoms with Crippen LogP contribution in [0.15, 0.2) is 36.5 Å². The lowest BCUT2D eigenvalue weighted by Gasteiger charge is -2.16. The van der Waals surface area contributed by atoms with Crippen LogP contribution in [0.2, 0.25) is 0 Å². The highest BCUT2D eigenvalue weighted by atomic mass is 16.5. The molecule has 0 radical (unpaired) electrons. The summed E-state index contributed by atoms with van der Waals surface area (Å²) in [5.41, 5.74) is 3.20. The number of nitrogens with zero attached hydrogens (tertiary/aromatic N) is 1. The molecule has 0 atom stereocenters. The lowest BCUT2D eigenvalue weighted by molar-refractivity contribution is 0.156. The normalized spacial score (nSPS) is 13.0. The van der Waals surface area contributed by atoms with Crippen LogP contribution < -0.4 is 19.5 Å². The molecule has 1 heterocycles. The molecule has 0 unspecified atom stereocenters. The van der Waals surface area contributed by atoms with E-state index in [1.807, 2.05) is 44.2 Å². The topological polar surface area (TPSA) is 78.9 Å². The molecule has 7 nitrogen and oxygen atoms in total. The zero-order valence-electron chi connectivity index (χ0n) is 18.2. The van der Waals surface area contributed by atoms with Crippen molar-refractivity contribution in [1.29, 1.82) is 0 Å². The molecule has 7 heteroatoms. The van der Waals surface area contributed by atoms with E-state index < -0.39 is 6.09 Å². The fourth-order valence-electron chi connectivity index (χ4n) is 3.31. The van der Waals surface area contributed by atoms with Crippen LogP contribution in [0.5, 0.6) is 23.0 Å². The van der Waals surface area contributed by atoms with Gasteiger partial charge in [-0.1, -0.05) is 0 Å². The maximum atomic E-state index is 12.0. The van der Waals surface area contributed by atoms with Gasteiger partial charge >= 0.3 is 6.09 Å². The zero-order valence-corrected chi connectivity index (χ0v) is 18.2. The summed E-state index contributed by atoms with van der Waals surface area (Å²) in [6, 6.07) is 9.27. The van der Waals surface area contributed by atoms with E-state index in [1.54, 1.807) is 20.4 Å². The number of rotatable bonds is 7. The fourth-order valence-corrected chi connectivity index (χ4v) is 3.31. The third-order valence-corrected chi connectivity index (χ3v) is 5.33. The van der Waals surface area contributed by atoms with Gasteiger partial charge in [-0.05, 0) is 68.0 Å². The van der Waals surface area contributed by atoms with Crippen LogP contribution in [-0.4, -0.2) is 31.9 Å². The number of aromatic nitrogens is 1. The quantitative estimate of drug-likeness (QED) is 0.532. The minimum absolute atomic E-state index is 0.427. The number of carbonyl (C=O) groups excluding carboxylic acids is 1. The molecule has 4 rings (SSSR count). The van der Waals surface area contributed by atoms with Gasteiger partial charge in [-0.3, -0.25) is 10.3 Å². The minimum Gasteiger partial charge on any atom is -0.493 e. The number of hydrogen-bond donors (Lipinski definition) is 1. The van der Waals surface area contributed by atoms with Gasteiger partial charge in [0.05, 0.1) is 26.3 Å². The van der Waals surface area contributed by atoms with Crippen LogP contribution >= 0.6 is 0 Å². The number of pyridine rings is 1. The van der Waals surface area contributed by atoms with Crippen molar-refractivity contribution >= 4 is 22.7 Å². The molecule has 1 saturated carbocycles. The number of benzene rings is 2. The van der Waals surface area contributed by atoms with E-state index in [4.69, 9.17) is 18.9 Å². The standard InChI is InChI=1S/C24H26N2O5/c1-14-10-21(15(2)9-18(14)26-24(27)30-13-16-5-6-16)31-20-7-8-25-19-12-23(29-4)22(28-3)11-17(19)20/h7-12,16H,5-6,13H2,1-4H3,(H,26,27). The van der Waals surface area contributed by atoms with Crippen LogP contribution in [0.1, 0.15) is 24.0 Å². The number of amides is 1. The van der Waals surface area contributed by atoms with Gasteiger partial charge in [-0.15, -0.1) is 0 Å². The number of ether oxygens (including phenoxy) is 4. The molecule has 0 aliphatic heterocycles. The Morgan fingerprint density at radius 1 is 1.00 bits per heavy atom. The van der Waals surface area contributed by atoms with E-state index in [-0.39, 0.29) is 0 Å². The first kappa shape index (κ1) is 20.8. The smallest absolute Gasteiger partial charge is 0.411 e.